The summed E-state index contributed by atoms with van der Waals surface area (Å²) < 4.78 is 16.8. The standard InChI is InChI=1S/C20H20N2O6S/c1-3-27-20(25)15-11-29-17-16(15)18(23)22(12-21-17)9-4-10-28-14-7-5-13(6-8-14)19(24)26-2/h5-8,11-12H,3-4,9-10H2,1-2H3. The number of fused-ring (bicyclic) bond motifs is 1. The Morgan fingerprint density at radius 3 is 2.62 bits per heavy atom. The number of benzene rings is 1. The second-order valence-electron chi connectivity index (χ2n) is 6.01. The van der Waals surface area contributed by atoms with Gasteiger partial charge in [-0.25, -0.2) is 14.6 Å². The molecule has 2 aromatic heterocycles. The number of thiophene rings is 1. The van der Waals surface area contributed by atoms with Crippen molar-refractivity contribution in [2.45, 2.75) is 19.9 Å². The fourth-order valence-corrected chi connectivity index (χ4v) is 3.58. The third kappa shape index (κ3) is 4.62. The SMILES string of the molecule is CCOC(=O)c1csc2ncn(CCCOc3ccc(C(=O)OC)cc3)c(=O)c12. The lowest BCUT2D eigenvalue weighted by Crippen LogP contribution is -2.22. The van der Waals surface area contributed by atoms with Crippen molar-refractivity contribution in [3.8, 4) is 5.75 Å². The molecule has 1 aromatic carbocycles. The van der Waals surface area contributed by atoms with Crippen molar-refractivity contribution in [1.82, 2.24) is 9.55 Å². The van der Waals surface area contributed by atoms with E-state index in [0.717, 1.165) is 0 Å². The number of ether oxygens (including phenoxy) is 3. The maximum atomic E-state index is 12.8. The summed E-state index contributed by atoms with van der Waals surface area (Å²) in [5.41, 5.74) is 0.418. The highest BCUT2D eigenvalue weighted by Gasteiger charge is 2.18. The molecule has 0 fully saturated rings. The van der Waals surface area contributed by atoms with Crippen molar-refractivity contribution >= 4 is 33.5 Å². The molecule has 9 heteroatoms. The number of hydrogen-bond acceptors (Lipinski definition) is 8. The zero-order valence-electron chi connectivity index (χ0n) is 16.0. The molecule has 0 aliphatic rings. The topological polar surface area (TPSA) is 96.7 Å². The zero-order valence-corrected chi connectivity index (χ0v) is 16.9. The minimum Gasteiger partial charge on any atom is -0.494 e. The van der Waals surface area contributed by atoms with Gasteiger partial charge in [-0.2, -0.15) is 0 Å². The van der Waals surface area contributed by atoms with E-state index >= 15 is 0 Å². The first kappa shape index (κ1) is 20.5. The molecule has 0 saturated carbocycles. The fourth-order valence-electron chi connectivity index (χ4n) is 2.72. The van der Waals surface area contributed by atoms with Crippen LogP contribution in [0.2, 0.25) is 0 Å². The molecule has 2 heterocycles. The number of nitrogens with zero attached hydrogens (tertiary/aromatic N) is 2. The second kappa shape index (κ2) is 9.33. The highest BCUT2D eigenvalue weighted by molar-refractivity contribution is 7.17. The van der Waals surface area contributed by atoms with Gasteiger partial charge < -0.3 is 14.2 Å². The van der Waals surface area contributed by atoms with Crippen molar-refractivity contribution < 1.29 is 23.8 Å². The highest BCUT2D eigenvalue weighted by Crippen LogP contribution is 2.21. The van der Waals surface area contributed by atoms with Gasteiger partial charge in [-0.15, -0.1) is 11.3 Å². The molecule has 0 spiro atoms. The van der Waals surface area contributed by atoms with Gasteiger partial charge >= 0.3 is 11.9 Å². The van der Waals surface area contributed by atoms with Crippen molar-refractivity contribution in [3.05, 3.63) is 57.5 Å². The lowest BCUT2D eigenvalue weighted by Gasteiger charge is -2.08. The Labute approximate surface area is 170 Å². The third-order valence-electron chi connectivity index (χ3n) is 4.14. The Morgan fingerprint density at radius 2 is 1.93 bits per heavy atom. The minimum atomic E-state index is -0.519. The summed E-state index contributed by atoms with van der Waals surface area (Å²) in [5, 5.41) is 1.89. The summed E-state index contributed by atoms with van der Waals surface area (Å²) >= 11 is 1.24. The molecule has 152 valence electrons. The first-order valence-corrected chi connectivity index (χ1v) is 9.88. The van der Waals surface area contributed by atoms with Crippen LogP contribution in [0.4, 0.5) is 0 Å². The van der Waals surface area contributed by atoms with Crippen LogP contribution in [0.15, 0.2) is 40.8 Å². The van der Waals surface area contributed by atoms with Gasteiger partial charge in [0.1, 0.15) is 10.6 Å². The molecule has 0 unspecified atom stereocenters. The summed E-state index contributed by atoms with van der Waals surface area (Å²) in [6, 6.07) is 6.61. The lowest BCUT2D eigenvalue weighted by atomic mass is 10.2. The third-order valence-corrected chi connectivity index (χ3v) is 5.03. The van der Waals surface area contributed by atoms with Gasteiger partial charge in [0, 0.05) is 11.9 Å². The van der Waals surface area contributed by atoms with E-state index in [0.29, 0.717) is 35.7 Å². The number of hydrogen-bond donors (Lipinski definition) is 0. The highest BCUT2D eigenvalue weighted by atomic mass is 32.1. The molecule has 0 bridgehead atoms. The summed E-state index contributed by atoms with van der Waals surface area (Å²) in [4.78, 5) is 41.0. The van der Waals surface area contributed by atoms with Crippen molar-refractivity contribution in [2.75, 3.05) is 20.3 Å². The van der Waals surface area contributed by atoms with Crippen molar-refractivity contribution in [3.63, 3.8) is 0 Å². The maximum Gasteiger partial charge on any atom is 0.339 e. The van der Waals surface area contributed by atoms with E-state index in [2.05, 4.69) is 9.72 Å². The Kier molecular flexibility index (Phi) is 6.61. The van der Waals surface area contributed by atoms with E-state index < -0.39 is 11.9 Å². The van der Waals surface area contributed by atoms with Gasteiger partial charge in [0.15, 0.2) is 0 Å². The number of esters is 2. The number of aromatic nitrogens is 2. The summed E-state index contributed by atoms with van der Waals surface area (Å²) in [6.07, 6.45) is 2.03. The number of rotatable bonds is 8. The average molecular weight is 416 g/mol. The molecular weight excluding hydrogens is 396 g/mol. The first-order chi connectivity index (χ1) is 14.0. The molecule has 0 aliphatic heterocycles. The Bertz CT molecular complexity index is 1070. The molecule has 3 rings (SSSR count). The molecule has 8 nitrogen and oxygen atoms in total. The summed E-state index contributed by atoms with van der Waals surface area (Å²) in [7, 11) is 1.33. The Hall–Kier alpha value is -3.20. The van der Waals surface area contributed by atoms with Gasteiger partial charge in [-0.05, 0) is 37.6 Å². The molecule has 0 saturated heterocycles. The molecule has 0 amide bonds. The second-order valence-corrected chi connectivity index (χ2v) is 6.87. The van der Waals surface area contributed by atoms with E-state index in [9.17, 15) is 14.4 Å². The van der Waals surface area contributed by atoms with Crippen LogP contribution in [0.1, 0.15) is 34.1 Å². The molecule has 0 radical (unpaired) electrons. The van der Waals surface area contributed by atoms with Crippen LogP contribution in [0.25, 0.3) is 10.2 Å². The smallest absolute Gasteiger partial charge is 0.339 e. The van der Waals surface area contributed by atoms with Crippen molar-refractivity contribution in [1.29, 1.82) is 0 Å². The normalized spacial score (nSPS) is 10.7. The monoisotopic (exact) mass is 416 g/mol. The molecule has 0 aliphatic carbocycles. The molecule has 0 N–H and O–H groups in total. The average Bonchev–Trinajstić information content (AvgIpc) is 3.18. The molecule has 0 atom stereocenters. The van der Waals surface area contributed by atoms with Gasteiger partial charge in [0.05, 0.1) is 43.2 Å². The number of aryl methyl sites for hydroxylation is 1. The number of carbonyl (C=O) groups excluding carboxylic acids is 2. The van der Waals surface area contributed by atoms with Gasteiger partial charge in [0.2, 0.25) is 0 Å². The molecular formula is C20H20N2O6S. The van der Waals surface area contributed by atoms with Crippen LogP contribution in [0.3, 0.4) is 0 Å². The molecule has 3 aromatic rings. The van der Waals surface area contributed by atoms with E-state index in [1.807, 2.05) is 0 Å². The van der Waals surface area contributed by atoms with E-state index in [1.165, 1.54) is 29.3 Å². The van der Waals surface area contributed by atoms with Gasteiger partial charge in [-0.3, -0.25) is 9.36 Å². The van der Waals surface area contributed by atoms with Crippen molar-refractivity contribution in [2.24, 2.45) is 0 Å². The quantitative estimate of drug-likeness (QED) is 0.411. The van der Waals surface area contributed by atoms with E-state index in [4.69, 9.17) is 9.47 Å². The Balaban J connectivity index is 1.63. The van der Waals surface area contributed by atoms with Crippen LogP contribution >= 0.6 is 11.3 Å². The minimum absolute atomic E-state index is 0.239. The fraction of sp³-hybridized carbons (Fsp3) is 0.300. The molecule has 29 heavy (non-hydrogen) atoms. The summed E-state index contributed by atoms with van der Waals surface area (Å²) in [6.45, 7) is 2.71. The van der Waals surface area contributed by atoms with E-state index in [-0.39, 0.29) is 23.1 Å². The number of carbonyl (C=O) groups is 2. The van der Waals surface area contributed by atoms with Crippen LogP contribution in [0, 0.1) is 0 Å². The Morgan fingerprint density at radius 1 is 1.17 bits per heavy atom. The largest absolute Gasteiger partial charge is 0.494 e. The number of methoxy groups -OCH3 is 1. The first-order valence-electron chi connectivity index (χ1n) is 9.00. The predicted octanol–water partition coefficient (Wildman–Crippen LogP) is 2.89. The van der Waals surface area contributed by atoms with Crippen LogP contribution < -0.4 is 10.3 Å². The van der Waals surface area contributed by atoms with Crippen LogP contribution in [0.5, 0.6) is 5.75 Å². The maximum absolute atomic E-state index is 12.8. The predicted molar refractivity (Wildman–Crippen MR) is 108 cm³/mol. The zero-order chi connectivity index (χ0) is 20.8. The van der Waals surface area contributed by atoms with Gasteiger partial charge in [0.25, 0.3) is 5.56 Å². The lowest BCUT2D eigenvalue weighted by molar-refractivity contribution is 0.0528. The summed E-state index contributed by atoms with van der Waals surface area (Å²) in [5.74, 6) is -0.315. The van der Waals surface area contributed by atoms with Gasteiger partial charge in [-0.1, -0.05) is 0 Å². The van der Waals surface area contributed by atoms with Crippen LogP contribution in [-0.2, 0) is 16.0 Å². The van der Waals surface area contributed by atoms with E-state index in [1.54, 1.807) is 36.6 Å². The van der Waals surface area contributed by atoms with Crippen LogP contribution in [-0.4, -0.2) is 41.8 Å².